The summed E-state index contributed by atoms with van der Waals surface area (Å²) in [6, 6.07) is 4.59. The fraction of sp³-hybridized carbons (Fsp3) is 0.500. The van der Waals surface area contributed by atoms with Crippen LogP contribution < -0.4 is 5.32 Å². The van der Waals surface area contributed by atoms with Crippen molar-refractivity contribution in [2.24, 2.45) is 5.92 Å². The van der Waals surface area contributed by atoms with Gasteiger partial charge in [-0.3, -0.25) is 4.79 Å². The summed E-state index contributed by atoms with van der Waals surface area (Å²) in [4.78, 5) is 12.0. The topological polar surface area (TPSA) is 49.3 Å². The molecule has 0 heterocycles. The van der Waals surface area contributed by atoms with Gasteiger partial charge >= 0.3 is 0 Å². The molecule has 1 atom stereocenters. The second-order valence-corrected chi connectivity index (χ2v) is 4.94. The zero-order valence-electron chi connectivity index (χ0n) is 11.0. The van der Waals surface area contributed by atoms with E-state index in [0.717, 1.165) is 12.8 Å². The first kappa shape index (κ1) is 14.8. The Kier molecular flexibility index (Phi) is 5.48. The molecule has 0 spiro atoms. The van der Waals surface area contributed by atoms with Gasteiger partial charge in [-0.25, -0.2) is 0 Å². The molecule has 2 N–H and O–H groups in total. The van der Waals surface area contributed by atoms with Crippen molar-refractivity contribution >= 4 is 17.5 Å². The van der Waals surface area contributed by atoms with E-state index in [1.165, 1.54) is 12.1 Å². The zero-order chi connectivity index (χ0) is 13.7. The van der Waals surface area contributed by atoms with Crippen LogP contribution >= 0.6 is 11.6 Å². The first-order valence-electron chi connectivity index (χ1n) is 6.28. The summed E-state index contributed by atoms with van der Waals surface area (Å²) < 4.78 is 0. The lowest BCUT2D eigenvalue weighted by atomic mass is 9.95. The molecule has 0 aliphatic rings. The fourth-order valence-corrected chi connectivity index (χ4v) is 2.26. The summed E-state index contributed by atoms with van der Waals surface area (Å²) in [6.45, 7) is 6.20. The molecule has 1 amide bonds. The molecule has 1 unspecified atom stereocenters. The molecule has 3 nitrogen and oxygen atoms in total. The highest BCUT2D eigenvalue weighted by Crippen LogP contribution is 2.22. The number of halogens is 1. The average molecular weight is 270 g/mol. The maximum atomic E-state index is 12.0. The molecular formula is C14H20ClNO2. The van der Waals surface area contributed by atoms with E-state index in [-0.39, 0.29) is 23.3 Å². The smallest absolute Gasteiger partial charge is 0.255 e. The quantitative estimate of drug-likeness (QED) is 0.858. The highest BCUT2D eigenvalue weighted by atomic mass is 35.5. The number of carbonyl (C=O) groups is 1. The first-order valence-corrected chi connectivity index (χ1v) is 6.66. The van der Waals surface area contributed by atoms with Crippen molar-refractivity contribution in [3.05, 3.63) is 28.8 Å². The minimum absolute atomic E-state index is 0.0857. The van der Waals surface area contributed by atoms with E-state index in [1.54, 1.807) is 6.07 Å². The molecule has 4 heteroatoms. The van der Waals surface area contributed by atoms with Crippen molar-refractivity contribution in [2.45, 2.75) is 39.7 Å². The van der Waals surface area contributed by atoms with Gasteiger partial charge in [-0.05, 0) is 31.0 Å². The van der Waals surface area contributed by atoms with Gasteiger partial charge < -0.3 is 10.4 Å². The molecule has 0 saturated heterocycles. The van der Waals surface area contributed by atoms with E-state index in [9.17, 15) is 9.90 Å². The normalized spacial score (nSPS) is 12.5. The van der Waals surface area contributed by atoms with E-state index >= 15 is 0 Å². The van der Waals surface area contributed by atoms with Gasteiger partial charge in [-0.1, -0.05) is 38.3 Å². The van der Waals surface area contributed by atoms with Crippen LogP contribution in [0.3, 0.4) is 0 Å². The van der Waals surface area contributed by atoms with Crippen molar-refractivity contribution in [1.29, 1.82) is 0 Å². The van der Waals surface area contributed by atoms with E-state index in [1.807, 2.05) is 6.92 Å². The van der Waals surface area contributed by atoms with Crippen LogP contribution in [0.4, 0.5) is 0 Å². The van der Waals surface area contributed by atoms with Crippen molar-refractivity contribution < 1.29 is 9.90 Å². The first-order chi connectivity index (χ1) is 8.49. The summed E-state index contributed by atoms with van der Waals surface area (Å²) in [5.41, 5.74) is 0.261. The Morgan fingerprint density at radius 3 is 2.50 bits per heavy atom. The summed E-state index contributed by atoms with van der Waals surface area (Å²) in [5, 5.41) is 13.0. The molecule has 100 valence electrons. The number of amides is 1. The molecule has 0 saturated carbocycles. The van der Waals surface area contributed by atoms with Crippen LogP contribution in [0.1, 0.15) is 44.0 Å². The van der Waals surface area contributed by atoms with Crippen LogP contribution in [-0.2, 0) is 0 Å². The van der Waals surface area contributed by atoms with Crippen LogP contribution in [-0.4, -0.2) is 17.1 Å². The molecule has 0 aromatic heterocycles. The number of phenolic OH excluding ortho intramolecular Hbond substituents is 1. The van der Waals surface area contributed by atoms with Crippen molar-refractivity contribution in [3.8, 4) is 5.75 Å². The fourth-order valence-electron chi connectivity index (χ4n) is 2.09. The lowest BCUT2D eigenvalue weighted by molar-refractivity contribution is 0.0922. The molecule has 18 heavy (non-hydrogen) atoms. The number of benzene rings is 1. The van der Waals surface area contributed by atoms with Crippen LogP contribution in [0.15, 0.2) is 18.2 Å². The molecule has 0 aliphatic heterocycles. The predicted octanol–water partition coefficient (Wildman–Crippen LogP) is 3.60. The molecule has 0 bridgehead atoms. The summed E-state index contributed by atoms with van der Waals surface area (Å²) in [6.07, 6.45) is 2.04. The van der Waals surface area contributed by atoms with E-state index in [2.05, 4.69) is 19.2 Å². The van der Waals surface area contributed by atoms with E-state index in [0.29, 0.717) is 10.9 Å². The van der Waals surface area contributed by atoms with Gasteiger partial charge in [0.1, 0.15) is 5.75 Å². The molecule has 1 aromatic rings. The lowest BCUT2D eigenvalue weighted by Crippen LogP contribution is -2.37. The van der Waals surface area contributed by atoms with Gasteiger partial charge in [0.15, 0.2) is 0 Å². The van der Waals surface area contributed by atoms with Gasteiger partial charge in [-0.15, -0.1) is 0 Å². The van der Waals surface area contributed by atoms with Gasteiger partial charge in [-0.2, -0.15) is 0 Å². The standard InChI is InChI=1S/C14H20ClNO2/c1-4-10(5-2)9(3)16-14(18)12-7-6-11(15)8-13(12)17/h6-10,17H,4-5H2,1-3H3,(H,16,18). The molecular weight excluding hydrogens is 250 g/mol. The third-order valence-electron chi connectivity index (χ3n) is 3.32. The van der Waals surface area contributed by atoms with Crippen LogP contribution in [0.5, 0.6) is 5.75 Å². The van der Waals surface area contributed by atoms with Crippen molar-refractivity contribution in [1.82, 2.24) is 5.32 Å². The molecule has 1 rings (SSSR count). The van der Waals surface area contributed by atoms with Gasteiger partial charge in [0.05, 0.1) is 5.56 Å². The Morgan fingerprint density at radius 2 is 2.00 bits per heavy atom. The third-order valence-corrected chi connectivity index (χ3v) is 3.55. The number of phenols is 1. The second-order valence-electron chi connectivity index (χ2n) is 4.50. The van der Waals surface area contributed by atoms with Crippen LogP contribution in [0, 0.1) is 5.92 Å². The van der Waals surface area contributed by atoms with Crippen molar-refractivity contribution in [3.63, 3.8) is 0 Å². The predicted molar refractivity (Wildman–Crippen MR) is 74.1 cm³/mol. The highest BCUT2D eigenvalue weighted by molar-refractivity contribution is 6.30. The number of rotatable bonds is 5. The summed E-state index contributed by atoms with van der Waals surface area (Å²) >= 11 is 5.73. The Morgan fingerprint density at radius 1 is 1.39 bits per heavy atom. The maximum Gasteiger partial charge on any atom is 0.255 e. The minimum atomic E-state index is -0.261. The monoisotopic (exact) mass is 269 g/mol. The zero-order valence-corrected chi connectivity index (χ0v) is 11.8. The molecule has 0 aliphatic carbocycles. The number of carbonyl (C=O) groups excluding carboxylic acids is 1. The van der Waals surface area contributed by atoms with E-state index in [4.69, 9.17) is 11.6 Å². The number of hydrogen-bond acceptors (Lipinski definition) is 2. The molecule has 0 radical (unpaired) electrons. The highest BCUT2D eigenvalue weighted by Gasteiger charge is 2.18. The number of aromatic hydroxyl groups is 1. The van der Waals surface area contributed by atoms with Gasteiger partial charge in [0.2, 0.25) is 0 Å². The molecule has 1 aromatic carbocycles. The molecule has 0 fully saturated rings. The summed E-state index contributed by atoms with van der Waals surface area (Å²) in [5.74, 6) is 0.101. The lowest BCUT2D eigenvalue weighted by Gasteiger charge is -2.22. The Bertz CT molecular complexity index is 416. The van der Waals surface area contributed by atoms with E-state index < -0.39 is 0 Å². The van der Waals surface area contributed by atoms with Crippen LogP contribution in [0.25, 0.3) is 0 Å². The Labute approximate surface area is 113 Å². The third kappa shape index (κ3) is 3.64. The largest absolute Gasteiger partial charge is 0.507 e. The summed E-state index contributed by atoms with van der Waals surface area (Å²) in [7, 11) is 0. The minimum Gasteiger partial charge on any atom is -0.507 e. The Hall–Kier alpha value is -1.22. The SMILES string of the molecule is CCC(CC)C(C)NC(=O)c1ccc(Cl)cc1O. The number of hydrogen-bond donors (Lipinski definition) is 2. The average Bonchev–Trinajstić information content (AvgIpc) is 2.30. The maximum absolute atomic E-state index is 12.0. The van der Waals surface area contributed by atoms with Crippen molar-refractivity contribution in [2.75, 3.05) is 0 Å². The second kappa shape index (κ2) is 6.64. The van der Waals surface area contributed by atoms with Gasteiger partial charge in [0, 0.05) is 11.1 Å². The van der Waals surface area contributed by atoms with Gasteiger partial charge in [0.25, 0.3) is 5.91 Å². The Balaban J connectivity index is 2.76. The number of nitrogens with one attached hydrogen (secondary N) is 1. The van der Waals surface area contributed by atoms with Crippen LogP contribution in [0.2, 0.25) is 5.02 Å².